The summed E-state index contributed by atoms with van der Waals surface area (Å²) in [6.45, 7) is 7.57. The third kappa shape index (κ3) is 7.60. The molecule has 0 aliphatic carbocycles. The highest BCUT2D eigenvalue weighted by Crippen LogP contribution is 2.31. The highest BCUT2D eigenvalue weighted by molar-refractivity contribution is 14.0. The Morgan fingerprint density at radius 1 is 1.22 bits per heavy atom. The van der Waals surface area contributed by atoms with Crippen LogP contribution in [0.2, 0.25) is 0 Å². The van der Waals surface area contributed by atoms with Gasteiger partial charge in [-0.25, -0.2) is 9.38 Å². The molecule has 0 amide bonds. The molecule has 176 valence electrons. The van der Waals surface area contributed by atoms with Crippen LogP contribution in [0.3, 0.4) is 0 Å². The fourth-order valence-electron chi connectivity index (χ4n) is 3.65. The van der Waals surface area contributed by atoms with Gasteiger partial charge >= 0.3 is 0 Å². The summed E-state index contributed by atoms with van der Waals surface area (Å²) in [4.78, 5) is 4.71. The summed E-state index contributed by atoms with van der Waals surface area (Å²) in [5.41, 5.74) is 2.01. The van der Waals surface area contributed by atoms with E-state index < -0.39 is 0 Å². The van der Waals surface area contributed by atoms with E-state index in [4.69, 9.17) is 14.5 Å². The Morgan fingerprint density at radius 3 is 2.62 bits per heavy atom. The van der Waals surface area contributed by atoms with E-state index in [-0.39, 0.29) is 41.8 Å². The SMILES string of the molecule is CCNC(=NCc1ccc(Oc2ccc(F)cc2)c(C)c1)NCC1(CCO)CCOC1.I. The highest BCUT2D eigenvalue weighted by atomic mass is 127. The van der Waals surface area contributed by atoms with Crippen LogP contribution in [0.1, 0.15) is 30.9 Å². The summed E-state index contributed by atoms with van der Waals surface area (Å²) >= 11 is 0. The van der Waals surface area contributed by atoms with Gasteiger partial charge in [0.1, 0.15) is 17.3 Å². The minimum atomic E-state index is -0.287. The van der Waals surface area contributed by atoms with Crippen LogP contribution < -0.4 is 15.4 Å². The summed E-state index contributed by atoms with van der Waals surface area (Å²) in [6.07, 6.45) is 1.66. The lowest BCUT2D eigenvalue weighted by Crippen LogP contribution is -2.44. The van der Waals surface area contributed by atoms with Gasteiger partial charge in [0, 0.05) is 31.7 Å². The quantitative estimate of drug-likeness (QED) is 0.243. The molecule has 0 aromatic heterocycles. The fourth-order valence-corrected chi connectivity index (χ4v) is 3.65. The molecular formula is C24H33FIN3O3. The fraction of sp³-hybridized carbons (Fsp3) is 0.458. The van der Waals surface area contributed by atoms with Crippen molar-refractivity contribution in [2.24, 2.45) is 10.4 Å². The standard InChI is InChI=1S/C24H32FN3O3.HI/c1-3-26-23(28-16-24(10-12-29)11-13-30-17-24)27-15-19-4-9-22(18(2)14-19)31-21-7-5-20(25)6-8-21;/h4-9,14,29H,3,10-13,15-17H2,1-2H3,(H2,26,27,28);1H. The molecule has 1 unspecified atom stereocenters. The van der Waals surface area contributed by atoms with Crippen LogP contribution in [-0.4, -0.2) is 44.0 Å². The second-order valence-corrected chi connectivity index (χ2v) is 7.98. The first kappa shape index (κ1) is 26.3. The molecule has 1 heterocycles. The second-order valence-electron chi connectivity index (χ2n) is 7.98. The van der Waals surface area contributed by atoms with E-state index in [1.54, 1.807) is 12.1 Å². The lowest BCUT2D eigenvalue weighted by Gasteiger charge is -2.27. The molecule has 0 spiro atoms. The van der Waals surface area contributed by atoms with E-state index >= 15 is 0 Å². The largest absolute Gasteiger partial charge is 0.457 e. The van der Waals surface area contributed by atoms with Crippen molar-refractivity contribution in [3.8, 4) is 11.5 Å². The van der Waals surface area contributed by atoms with Gasteiger partial charge in [-0.3, -0.25) is 0 Å². The van der Waals surface area contributed by atoms with Gasteiger partial charge < -0.3 is 25.2 Å². The molecule has 0 saturated carbocycles. The molecule has 2 aromatic rings. The Kier molecular flexibility index (Phi) is 10.7. The number of aliphatic hydroxyl groups excluding tert-OH is 1. The van der Waals surface area contributed by atoms with Crippen molar-refractivity contribution in [3.05, 3.63) is 59.4 Å². The van der Waals surface area contributed by atoms with Crippen molar-refractivity contribution in [1.29, 1.82) is 0 Å². The smallest absolute Gasteiger partial charge is 0.191 e. The first-order valence-electron chi connectivity index (χ1n) is 10.8. The first-order valence-corrected chi connectivity index (χ1v) is 10.8. The van der Waals surface area contributed by atoms with Crippen LogP contribution in [0.15, 0.2) is 47.5 Å². The molecule has 0 radical (unpaired) electrons. The zero-order valence-corrected chi connectivity index (χ0v) is 21.0. The van der Waals surface area contributed by atoms with Gasteiger partial charge in [0.2, 0.25) is 0 Å². The molecule has 0 bridgehead atoms. The van der Waals surface area contributed by atoms with Gasteiger partial charge in [-0.15, -0.1) is 24.0 Å². The van der Waals surface area contributed by atoms with Gasteiger partial charge in [-0.05, 0) is 68.1 Å². The number of guanidine groups is 1. The summed E-state index contributed by atoms with van der Waals surface area (Å²) in [5.74, 6) is 1.79. The Morgan fingerprint density at radius 2 is 2.00 bits per heavy atom. The van der Waals surface area contributed by atoms with Gasteiger partial charge in [-0.2, -0.15) is 0 Å². The van der Waals surface area contributed by atoms with Crippen LogP contribution in [0.5, 0.6) is 11.5 Å². The van der Waals surface area contributed by atoms with E-state index in [0.29, 0.717) is 31.9 Å². The van der Waals surface area contributed by atoms with Gasteiger partial charge in [0.25, 0.3) is 0 Å². The number of aliphatic imine (C=N–C) groups is 1. The maximum atomic E-state index is 13.1. The zero-order chi connectivity index (χ0) is 22.1. The molecule has 1 aliphatic heterocycles. The molecule has 1 aliphatic rings. The predicted octanol–water partition coefficient (Wildman–Crippen LogP) is 4.39. The van der Waals surface area contributed by atoms with Crippen LogP contribution in [0.4, 0.5) is 4.39 Å². The average Bonchev–Trinajstić information content (AvgIpc) is 3.22. The van der Waals surface area contributed by atoms with Gasteiger partial charge in [0.15, 0.2) is 5.96 Å². The first-order chi connectivity index (χ1) is 15.0. The number of aliphatic hydroxyl groups is 1. The minimum absolute atomic E-state index is 0. The zero-order valence-electron chi connectivity index (χ0n) is 18.7. The maximum absolute atomic E-state index is 13.1. The molecule has 8 heteroatoms. The number of aryl methyl sites for hydroxylation is 1. The van der Waals surface area contributed by atoms with E-state index in [2.05, 4.69) is 10.6 Å². The number of hydrogen-bond acceptors (Lipinski definition) is 4. The summed E-state index contributed by atoms with van der Waals surface area (Å²) in [7, 11) is 0. The lowest BCUT2D eigenvalue weighted by atomic mass is 9.84. The third-order valence-electron chi connectivity index (χ3n) is 5.50. The van der Waals surface area contributed by atoms with Crippen molar-refractivity contribution in [1.82, 2.24) is 10.6 Å². The highest BCUT2D eigenvalue weighted by Gasteiger charge is 2.34. The second kappa shape index (κ2) is 13.0. The summed E-state index contributed by atoms with van der Waals surface area (Å²) in [5, 5.41) is 16.1. The van der Waals surface area contributed by atoms with E-state index in [1.165, 1.54) is 12.1 Å². The number of benzene rings is 2. The van der Waals surface area contributed by atoms with Crippen LogP contribution in [0, 0.1) is 18.2 Å². The van der Waals surface area contributed by atoms with E-state index in [0.717, 1.165) is 42.4 Å². The van der Waals surface area contributed by atoms with Crippen molar-refractivity contribution in [3.63, 3.8) is 0 Å². The molecule has 1 atom stereocenters. The summed E-state index contributed by atoms with van der Waals surface area (Å²) in [6, 6.07) is 11.9. The number of nitrogens with zero attached hydrogens (tertiary/aromatic N) is 1. The average molecular weight is 557 g/mol. The van der Waals surface area contributed by atoms with E-state index in [1.807, 2.05) is 32.0 Å². The maximum Gasteiger partial charge on any atom is 0.191 e. The number of nitrogens with one attached hydrogen (secondary N) is 2. The number of hydrogen-bond donors (Lipinski definition) is 3. The molecule has 6 nitrogen and oxygen atoms in total. The van der Waals surface area contributed by atoms with Crippen LogP contribution in [0.25, 0.3) is 0 Å². The van der Waals surface area contributed by atoms with Crippen molar-refractivity contribution in [2.45, 2.75) is 33.2 Å². The van der Waals surface area contributed by atoms with Crippen molar-refractivity contribution in [2.75, 3.05) is 32.9 Å². The molecule has 1 saturated heterocycles. The Bertz CT molecular complexity index is 871. The molecule has 3 N–H and O–H groups in total. The molecule has 3 rings (SSSR count). The topological polar surface area (TPSA) is 75.1 Å². The molecule has 32 heavy (non-hydrogen) atoms. The van der Waals surface area contributed by atoms with Crippen molar-refractivity contribution >= 4 is 29.9 Å². The lowest BCUT2D eigenvalue weighted by molar-refractivity contribution is 0.127. The molecule has 1 fully saturated rings. The Balaban J connectivity index is 0.00000363. The summed E-state index contributed by atoms with van der Waals surface area (Å²) < 4.78 is 24.5. The number of rotatable bonds is 9. The minimum Gasteiger partial charge on any atom is -0.457 e. The Hall–Kier alpha value is -1.91. The van der Waals surface area contributed by atoms with Gasteiger partial charge in [0.05, 0.1) is 13.2 Å². The number of ether oxygens (including phenoxy) is 2. The van der Waals surface area contributed by atoms with Crippen molar-refractivity contribution < 1.29 is 19.0 Å². The normalized spacial score (nSPS) is 18.2. The predicted molar refractivity (Wildman–Crippen MR) is 135 cm³/mol. The van der Waals surface area contributed by atoms with E-state index in [9.17, 15) is 9.50 Å². The molecule has 2 aromatic carbocycles. The van der Waals surface area contributed by atoms with Crippen LogP contribution in [-0.2, 0) is 11.3 Å². The Labute approximate surface area is 206 Å². The van der Waals surface area contributed by atoms with Crippen LogP contribution >= 0.6 is 24.0 Å². The monoisotopic (exact) mass is 557 g/mol. The molecular weight excluding hydrogens is 524 g/mol. The number of halogens is 2. The van der Waals surface area contributed by atoms with Gasteiger partial charge in [-0.1, -0.05) is 12.1 Å². The third-order valence-corrected chi connectivity index (χ3v) is 5.50.